The fraction of sp³-hybridized carbons (Fsp3) is 0.875. The third-order valence-corrected chi connectivity index (χ3v) is 1.92. The van der Waals surface area contributed by atoms with Crippen molar-refractivity contribution in [2.24, 2.45) is 0 Å². The minimum Gasteiger partial charge on any atom is -0.468 e. The second-order valence-electron chi connectivity index (χ2n) is 2.87. The lowest BCUT2D eigenvalue weighted by atomic mass is 10.1. The van der Waals surface area contributed by atoms with Crippen LogP contribution in [0.25, 0.3) is 0 Å². The number of hydrogen-bond donors (Lipinski definition) is 1. The van der Waals surface area contributed by atoms with E-state index in [0.29, 0.717) is 12.6 Å². The summed E-state index contributed by atoms with van der Waals surface area (Å²) < 4.78 is 9.73. The van der Waals surface area contributed by atoms with Crippen LogP contribution in [0.2, 0.25) is 0 Å². The van der Waals surface area contributed by atoms with Gasteiger partial charge in [-0.1, -0.05) is 0 Å². The quantitative estimate of drug-likeness (QED) is 0.607. The van der Waals surface area contributed by atoms with Crippen LogP contribution in [-0.2, 0) is 14.3 Å². The Kier molecular flexibility index (Phi) is 4.04. The van der Waals surface area contributed by atoms with Gasteiger partial charge in [-0.25, -0.2) is 0 Å². The van der Waals surface area contributed by atoms with Crippen LogP contribution in [0.5, 0.6) is 0 Å². The van der Waals surface area contributed by atoms with Crippen LogP contribution in [0.3, 0.4) is 0 Å². The number of hydrogen-bond acceptors (Lipinski definition) is 4. The average Bonchev–Trinajstić information content (AvgIpc) is 2.16. The molecule has 1 N–H and O–H groups in total. The Bertz CT molecular complexity index is 143. The minimum atomic E-state index is -0.222. The Hall–Kier alpha value is -0.610. The molecular formula is C8H15NO3. The molecule has 0 aromatic heterocycles. The molecule has 70 valence electrons. The van der Waals surface area contributed by atoms with E-state index in [1.54, 1.807) is 0 Å². The van der Waals surface area contributed by atoms with Crippen molar-refractivity contribution >= 4 is 5.97 Å². The molecule has 12 heavy (non-hydrogen) atoms. The van der Waals surface area contributed by atoms with Crippen LogP contribution in [-0.4, -0.2) is 38.9 Å². The molecule has 0 aromatic carbocycles. The number of nitrogens with one attached hydrogen (secondary N) is 1. The zero-order chi connectivity index (χ0) is 8.81. The first kappa shape index (κ1) is 9.48. The van der Waals surface area contributed by atoms with E-state index >= 15 is 0 Å². The van der Waals surface area contributed by atoms with Crippen molar-refractivity contribution in [3.63, 3.8) is 0 Å². The van der Waals surface area contributed by atoms with Crippen LogP contribution < -0.4 is 5.32 Å². The molecule has 0 aliphatic carbocycles. The summed E-state index contributed by atoms with van der Waals surface area (Å²) in [5.41, 5.74) is 0. The summed E-state index contributed by atoms with van der Waals surface area (Å²) in [6.07, 6.45) is 2.15. The summed E-state index contributed by atoms with van der Waals surface area (Å²) in [5, 5.41) is 3.07. The van der Waals surface area contributed by atoms with E-state index in [0.717, 1.165) is 19.4 Å². The summed E-state index contributed by atoms with van der Waals surface area (Å²) in [6, 6.07) is 0.317. The summed E-state index contributed by atoms with van der Waals surface area (Å²) >= 11 is 0. The van der Waals surface area contributed by atoms with Gasteiger partial charge in [0.15, 0.2) is 0 Å². The van der Waals surface area contributed by atoms with Crippen molar-refractivity contribution in [1.82, 2.24) is 5.32 Å². The maximum Gasteiger partial charge on any atom is 0.319 e. The molecule has 1 fully saturated rings. The highest BCUT2D eigenvalue weighted by atomic mass is 16.5. The Morgan fingerprint density at radius 3 is 3.17 bits per heavy atom. The number of ether oxygens (including phenoxy) is 2. The van der Waals surface area contributed by atoms with Gasteiger partial charge in [-0.15, -0.1) is 0 Å². The second-order valence-corrected chi connectivity index (χ2v) is 2.87. The molecule has 0 aromatic rings. The van der Waals surface area contributed by atoms with Crippen molar-refractivity contribution in [3.8, 4) is 0 Å². The lowest BCUT2D eigenvalue weighted by molar-refractivity contribution is -0.139. The smallest absolute Gasteiger partial charge is 0.319 e. The predicted molar refractivity (Wildman–Crippen MR) is 43.9 cm³/mol. The lowest BCUT2D eigenvalue weighted by Crippen LogP contribution is -2.39. The highest BCUT2D eigenvalue weighted by Gasteiger charge is 2.13. The van der Waals surface area contributed by atoms with Gasteiger partial charge >= 0.3 is 5.97 Å². The third kappa shape index (κ3) is 3.19. The van der Waals surface area contributed by atoms with Gasteiger partial charge in [0.25, 0.3) is 0 Å². The highest BCUT2D eigenvalue weighted by Crippen LogP contribution is 2.04. The predicted octanol–water partition coefficient (Wildman–Crippen LogP) is -0.0720. The van der Waals surface area contributed by atoms with E-state index in [9.17, 15) is 4.79 Å². The Labute approximate surface area is 72.2 Å². The first-order valence-corrected chi connectivity index (χ1v) is 4.21. The summed E-state index contributed by atoms with van der Waals surface area (Å²) in [5.74, 6) is -0.222. The van der Waals surface area contributed by atoms with Crippen LogP contribution in [0.1, 0.15) is 12.8 Å². The summed E-state index contributed by atoms with van der Waals surface area (Å²) in [7, 11) is 1.39. The van der Waals surface area contributed by atoms with Crippen LogP contribution >= 0.6 is 0 Å². The SMILES string of the molecule is COC(=O)CNC1CCCOC1. The number of carbonyl (C=O) groups excluding carboxylic acids is 1. The van der Waals surface area contributed by atoms with E-state index in [1.807, 2.05) is 0 Å². The maximum absolute atomic E-state index is 10.7. The molecule has 0 amide bonds. The van der Waals surface area contributed by atoms with Gasteiger partial charge < -0.3 is 14.8 Å². The molecule has 0 bridgehead atoms. The monoisotopic (exact) mass is 173 g/mol. The molecule has 4 nitrogen and oxygen atoms in total. The Morgan fingerprint density at radius 2 is 2.58 bits per heavy atom. The van der Waals surface area contributed by atoms with E-state index in [1.165, 1.54) is 7.11 Å². The zero-order valence-electron chi connectivity index (χ0n) is 7.34. The minimum absolute atomic E-state index is 0.222. The van der Waals surface area contributed by atoms with Gasteiger partial charge in [-0.3, -0.25) is 4.79 Å². The van der Waals surface area contributed by atoms with Crippen molar-refractivity contribution in [3.05, 3.63) is 0 Å². The molecule has 1 aliphatic heterocycles. The van der Waals surface area contributed by atoms with Gasteiger partial charge in [0, 0.05) is 12.6 Å². The van der Waals surface area contributed by atoms with Crippen molar-refractivity contribution in [1.29, 1.82) is 0 Å². The number of rotatable bonds is 3. The molecule has 1 aliphatic rings. The normalized spacial score (nSPS) is 23.6. The first-order chi connectivity index (χ1) is 5.83. The lowest BCUT2D eigenvalue weighted by Gasteiger charge is -2.22. The molecule has 0 saturated carbocycles. The van der Waals surface area contributed by atoms with Crippen molar-refractivity contribution in [2.75, 3.05) is 26.9 Å². The molecule has 1 heterocycles. The topological polar surface area (TPSA) is 47.6 Å². The second kappa shape index (κ2) is 5.11. The molecule has 0 radical (unpaired) electrons. The largest absolute Gasteiger partial charge is 0.468 e. The van der Waals surface area contributed by atoms with Gasteiger partial charge in [-0.2, -0.15) is 0 Å². The molecule has 1 saturated heterocycles. The van der Waals surface area contributed by atoms with Crippen molar-refractivity contribution < 1.29 is 14.3 Å². The van der Waals surface area contributed by atoms with E-state index in [2.05, 4.69) is 10.1 Å². The van der Waals surface area contributed by atoms with Crippen molar-refractivity contribution in [2.45, 2.75) is 18.9 Å². The molecule has 1 atom stereocenters. The zero-order valence-corrected chi connectivity index (χ0v) is 7.34. The van der Waals surface area contributed by atoms with E-state index in [-0.39, 0.29) is 12.5 Å². The van der Waals surface area contributed by atoms with Crippen LogP contribution in [0, 0.1) is 0 Å². The standard InChI is InChI=1S/C8H15NO3/c1-11-8(10)5-9-7-3-2-4-12-6-7/h7,9H,2-6H2,1H3. The molecule has 1 unspecified atom stereocenters. The van der Waals surface area contributed by atoms with Gasteiger partial charge in [0.05, 0.1) is 20.3 Å². The average molecular weight is 173 g/mol. The van der Waals surface area contributed by atoms with Gasteiger partial charge in [0.2, 0.25) is 0 Å². The summed E-state index contributed by atoms with van der Waals surface area (Å²) in [6.45, 7) is 1.83. The highest BCUT2D eigenvalue weighted by molar-refractivity contribution is 5.71. The number of esters is 1. The maximum atomic E-state index is 10.7. The molecule has 0 spiro atoms. The molecular weight excluding hydrogens is 158 g/mol. The fourth-order valence-electron chi connectivity index (χ4n) is 1.20. The van der Waals surface area contributed by atoms with Gasteiger partial charge in [-0.05, 0) is 12.8 Å². The third-order valence-electron chi connectivity index (χ3n) is 1.92. The van der Waals surface area contributed by atoms with Crippen LogP contribution in [0.4, 0.5) is 0 Å². The number of carbonyl (C=O) groups is 1. The van der Waals surface area contributed by atoms with Gasteiger partial charge in [0.1, 0.15) is 0 Å². The molecule has 1 rings (SSSR count). The van der Waals surface area contributed by atoms with E-state index < -0.39 is 0 Å². The Morgan fingerprint density at radius 1 is 1.75 bits per heavy atom. The first-order valence-electron chi connectivity index (χ1n) is 4.21. The Balaban J connectivity index is 2.09. The summed E-state index contributed by atoms with van der Waals surface area (Å²) in [4.78, 5) is 10.7. The van der Waals surface area contributed by atoms with Crippen LogP contribution in [0.15, 0.2) is 0 Å². The number of methoxy groups -OCH3 is 1. The van der Waals surface area contributed by atoms with E-state index in [4.69, 9.17) is 4.74 Å². The fourth-order valence-corrected chi connectivity index (χ4v) is 1.20. The molecule has 4 heteroatoms.